The summed E-state index contributed by atoms with van der Waals surface area (Å²) in [6, 6.07) is 4.53. The molecule has 0 aliphatic carbocycles. The number of hydrogen-bond acceptors (Lipinski definition) is 4. The van der Waals surface area contributed by atoms with Crippen LogP contribution in [-0.4, -0.2) is 22.0 Å². The Morgan fingerprint density at radius 1 is 1.41 bits per heavy atom. The van der Waals surface area contributed by atoms with E-state index in [2.05, 4.69) is 12.6 Å². The number of rotatable bonds is 4. The van der Waals surface area contributed by atoms with Crippen LogP contribution in [0.4, 0.5) is 0 Å². The lowest BCUT2D eigenvalue weighted by Crippen LogP contribution is -2.15. The summed E-state index contributed by atoms with van der Waals surface area (Å²) in [6.45, 7) is 1.29. The molecule has 0 radical (unpaired) electrons. The molecule has 17 heavy (non-hydrogen) atoms. The summed E-state index contributed by atoms with van der Waals surface area (Å²) in [7, 11) is 0. The van der Waals surface area contributed by atoms with E-state index in [1.165, 1.54) is 19.1 Å². The van der Waals surface area contributed by atoms with E-state index in [4.69, 9.17) is 16.7 Å². The Morgan fingerprint density at radius 2 is 2.00 bits per heavy atom. The molecule has 2 unspecified atom stereocenters. The Labute approximate surface area is 109 Å². The number of carboxylic acids is 1. The average Bonchev–Trinajstić information content (AvgIpc) is 2.26. The number of benzene rings is 1. The fraction of sp³-hybridized carbons (Fsp3) is 0.273. The van der Waals surface area contributed by atoms with Crippen molar-refractivity contribution in [1.82, 2.24) is 0 Å². The first-order valence-electron chi connectivity index (χ1n) is 4.73. The summed E-state index contributed by atoms with van der Waals surface area (Å²) in [6.07, 6.45) is -1.72. The number of Topliss-reactive ketones (excluding diaryl/α,β-unsaturated/α-hetero) is 1. The van der Waals surface area contributed by atoms with Crippen LogP contribution in [0.5, 0.6) is 0 Å². The minimum atomic E-state index is -1.72. The second-order valence-electron chi connectivity index (χ2n) is 3.49. The van der Waals surface area contributed by atoms with E-state index in [0.717, 1.165) is 0 Å². The maximum atomic E-state index is 11.2. The van der Waals surface area contributed by atoms with Crippen LogP contribution < -0.4 is 0 Å². The van der Waals surface area contributed by atoms with Gasteiger partial charge in [0, 0.05) is 4.90 Å². The summed E-state index contributed by atoms with van der Waals surface area (Å²) in [5.41, 5.74) is 0.320. The van der Waals surface area contributed by atoms with E-state index in [1.807, 2.05) is 0 Å². The number of carboxylic acid groups (broad SMARTS) is 1. The lowest BCUT2D eigenvalue weighted by Gasteiger charge is -2.16. The van der Waals surface area contributed by atoms with E-state index >= 15 is 0 Å². The van der Waals surface area contributed by atoms with E-state index in [1.54, 1.807) is 6.07 Å². The summed E-state index contributed by atoms with van der Waals surface area (Å²) < 4.78 is 0. The van der Waals surface area contributed by atoms with Crippen molar-refractivity contribution >= 4 is 36.0 Å². The zero-order valence-corrected chi connectivity index (χ0v) is 10.6. The summed E-state index contributed by atoms with van der Waals surface area (Å²) in [5.74, 6) is -1.75. The van der Waals surface area contributed by atoms with Crippen molar-refractivity contribution in [3.63, 3.8) is 0 Å². The van der Waals surface area contributed by atoms with Gasteiger partial charge in [-0.05, 0) is 24.1 Å². The molecule has 1 aromatic carbocycles. The molecule has 0 bridgehead atoms. The van der Waals surface area contributed by atoms with Gasteiger partial charge in [0.15, 0.2) is 11.9 Å². The van der Waals surface area contributed by atoms with E-state index in [9.17, 15) is 14.7 Å². The number of alkyl halides is 1. The first-order valence-corrected chi connectivity index (χ1v) is 5.61. The number of aliphatic hydroxyl groups excluding tert-OH is 1. The van der Waals surface area contributed by atoms with Gasteiger partial charge in [-0.1, -0.05) is 12.1 Å². The molecule has 0 aliphatic heterocycles. The molecule has 0 aromatic heterocycles. The van der Waals surface area contributed by atoms with Gasteiger partial charge in [-0.3, -0.25) is 4.79 Å². The minimum Gasteiger partial charge on any atom is -0.479 e. The normalized spacial score (nSPS) is 14.1. The van der Waals surface area contributed by atoms with Crippen molar-refractivity contribution in [1.29, 1.82) is 0 Å². The van der Waals surface area contributed by atoms with Gasteiger partial charge in [0.25, 0.3) is 0 Å². The quantitative estimate of drug-likeness (QED) is 0.580. The molecule has 2 atom stereocenters. The molecule has 1 aromatic rings. The van der Waals surface area contributed by atoms with Gasteiger partial charge in [-0.25, -0.2) is 4.79 Å². The van der Waals surface area contributed by atoms with Crippen LogP contribution >= 0.6 is 24.2 Å². The van der Waals surface area contributed by atoms with Gasteiger partial charge >= 0.3 is 5.97 Å². The molecule has 0 heterocycles. The molecule has 0 spiro atoms. The highest BCUT2D eigenvalue weighted by Gasteiger charge is 2.26. The molecular formula is C11H11ClO4S. The molecule has 0 amide bonds. The number of carbonyl (C=O) groups excluding carboxylic acids is 1. The molecule has 4 nitrogen and oxygen atoms in total. The highest BCUT2D eigenvalue weighted by Crippen LogP contribution is 2.33. The number of aliphatic carboxylic acids is 1. The van der Waals surface area contributed by atoms with E-state index in [0.29, 0.717) is 4.90 Å². The Bertz CT molecular complexity index is 461. The largest absolute Gasteiger partial charge is 0.479 e. The van der Waals surface area contributed by atoms with Gasteiger partial charge < -0.3 is 10.2 Å². The van der Waals surface area contributed by atoms with Crippen LogP contribution in [0.25, 0.3) is 0 Å². The second-order valence-corrected chi connectivity index (χ2v) is 4.41. The zero-order chi connectivity index (χ0) is 13.2. The third kappa shape index (κ3) is 3.00. The summed E-state index contributed by atoms with van der Waals surface area (Å²) in [4.78, 5) is 22.4. The zero-order valence-electron chi connectivity index (χ0n) is 8.92. The Hall–Kier alpha value is -1.04. The summed E-state index contributed by atoms with van der Waals surface area (Å²) >= 11 is 10.0. The van der Waals surface area contributed by atoms with E-state index < -0.39 is 17.5 Å². The molecule has 0 fully saturated rings. The molecular weight excluding hydrogens is 264 g/mol. The molecule has 6 heteroatoms. The van der Waals surface area contributed by atoms with Gasteiger partial charge in [0.05, 0.1) is 0 Å². The first kappa shape index (κ1) is 14.0. The molecule has 1 rings (SSSR count). The maximum absolute atomic E-state index is 11.2. The average molecular weight is 275 g/mol. The standard InChI is InChI=1S/C11H11ClO4S/c1-5(13)9(12)8-6(10(14)11(15)16)3-2-4-7(8)17/h2-4,9-10,14,17H,1H3,(H,15,16). The Kier molecular flexibility index (Phi) is 4.56. The number of hydrogen-bond donors (Lipinski definition) is 3. The first-order chi connectivity index (χ1) is 7.86. The predicted octanol–water partition coefficient (Wildman–Crippen LogP) is 1.96. The van der Waals surface area contributed by atoms with Crippen molar-refractivity contribution in [2.75, 3.05) is 0 Å². The fourth-order valence-corrected chi connectivity index (χ4v) is 2.09. The Balaban J connectivity index is 3.36. The maximum Gasteiger partial charge on any atom is 0.337 e. The van der Waals surface area contributed by atoms with Crippen molar-refractivity contribution < 1.29 is 19.8 Å². The number of thiol groups is 1. The van der Waals surface area contributed by atoms with Crippen molar-refractivity contribution in [2.45, 2.75) is 23.3 Å². The van der Waals surface area contributed by atoms with Gasteiger partial charge in [-0.2, -0.15) is 0 Å². The van der Waals surface area contributed by atoms with Crippen LogP contribution in [0.15, 0.2) is 23.1 Å². The smallest absolute Gasteiger partial charge is 0.337 e. The predicted molar refractivity (Wildman–Crippen MR) is 65.6 cm³/mol. The molecule has 0 saturated heterocycles. The van der Waals surface area contributed by atoms with Crippen LogP contribution in [0.3, 0.4) is 0 Å². The fourth-order valence-electron chi connectivity index (χ4n) is 1.42. The molecule has 0 saturated carbocycles. The van der Waals surface area contributed by atoms with Crippen LogP contribution in [-0.2, 0) is 9.59 Å². The number of aliphatic hydroxyl groups is 1. The van der Waals surface area contributed by atoms with Crippen LogP contribution in [0.1, 0.15) is 29.5 Å². The van der Waals surface area contributed by atoms with Crippen molar-refractivity contribution in [2.24, 2.45) is 0 Å². The third-order valence-corrected chi connectivity index (χ3v) is 3.17. The lowest BCUT2D eigenvalue weighted by atomic mass is 9.98. The number of halogens is 1. The summed E-state index contributed by atoms with van der Waals surface area (Å²) in [5, 5.41) is 17.3. The van der Waals surface area contributed by atoms with Gasteiger partial charge in [-0.15, -0.1) is 24.2 Å². The SMILES string of the molecule is CC(=O)C(Cl)c1c(S)cccc1C(O)C(=O)O. The molecule has 0 aliphatic rings. The molecule has 92 valence electrons. The highest BCUT2D eigenvalue weighted by atomic mass is 35.5. The third-order valence-electron chi connectivity index (χ3n) is 2.26. The Morgan fingerprint density at radius 3 is 2.47 bits per heavy atom. The number of carbonyl (C=O) groups is 2. The second kappa shape index (κ2) is 5.53. The molecule has 2 N–H and O–H groups in total. The highest BCUT2D eigenvalue weighted by molar-refractivity contribution is 7.80. The lowest BCUT2D eigenvalue weighted by molar-refractivity contribution is -0.147. The van der Waals surface area contributed by atoms with Crippen molar-refractivity contribution in [3.05, 3.63) is 29.3 Å². The van der Waals surface area contributed by atoms with Crippen LogP contribution in [0.2, 0.25) is 0 Å². The monoisotopic (exact) mass is 274 g/mol. The van der Waals surface area contributed by atoms with Gasteiger partial charge in [0.1, 0.15) is 5.38 Å². The van der Waals surface area contributed by atoms with E-state index in [-0.39, 0.29) is 16.9 Å². The topological polar surface area (TPSA) is 74.6 Å². The number of ketones is 1. The van der Waals surface area contributed by atoms with Crippen LogP contribution in [0, 0.1) is 0 Å². The minimum absolute atomic E-state index is 0.0835. The van der Waals surface area contributed by atoms with Gasteiger partial charge in [0.2, 0.25) is 0 Å². The van der Waals surface area contributed by atoms with Crippen molar-refractivity contribution in [3.8, 4) is 0 Å².